The van der Waals surface area contributed by atoms with Crippen molar-refractivity contribution in [3.8, 4) is 0 Å². The molecule has 0 radical (unpaired) electrons. The fourth-order valence-corrected chi connectivity index (χ4v) is 4.41. The molecule has 0 unspecified atom stereocenters. The highest BCUT2D eigenvalue weighted by molar-refractivity contribution is 7.89. The van der Waals surface area contributed by atoms with Crippen molar-refractivity contribution in [2.45, 2.75) is 11.4 Å². The van der Waals surface area contributed by atoms with Crippen molar-refractivity contribution < 1.29 is 22.3 Å². The van der Waals surface area contributed by atoms with Crippen LogP contribution in [0.1, 0.15) is 5.56 Å². The smallest absolute Gasteiger partial charge is 0.246 e. The van der Waals surface area contributed by atoms with E-state index in [0.717, 1.165) is 11.6 Å². The van der Waals surface area contributed by atoms with Gasteiger partial charge in [0.25, 0.3) is 0 Å². The maximum Gasteiger partial charge on any atom is 0.246 e. The molecule has 0 saturated carbocycles. The Morgan fingerprint density at radius 1 is 1.14 bits per heavy atom. The lowest BCUT2D eigenvalue weighted by molar-refractivity contribution is -0.119. The van der Waals surface area contributed by atoms with Crippen LogP contribution < -0.4 is 10.6 Å². The molecule has 0 spiro atoms. The molecule has 0 aliphatic carbocycles. The normalized spacial score (nSPS) is 15.1. The molecule has 0 atom stereocenters. The van der Waals surface area contributed by atoms with Gasteiger partial charge in [0.05, 0.1) is 19.8 Å². The molecule has 2 aromatic carbocycles. The molecule has 0 bridgehead atoms. The van der Waals surface area contributed by atoms with Gasteiger partial charge in [-0.2, -0.15) is 4.31 Å². The summed E-state index contributed by atoms with van der Waals surface area (Å²) in [6.45, 7) is 1.13. The average molecular weight is 442 g/mol. The Labute approximate surface area is 173 Å². The lowest BCUT2D eigenvalue weighted by Crippen LogP contribution is -2.40. The molecule has 10 heteroatoms. The number of ether oxygens (including phenoxy) is 1. The van der Waals surface area contributed by atoms with E-state index in [1.807, 2.05) is 0 Å². The van der Waals surface area contributed by atoms with E-state index >= 15 is 0 Å². The molecule has 1 heterocycles. The SMILES string of the molecule is O=C(CNc1ccc(F)c(S(=O)(=O)N2CCOCC2)c1)NCc1ccc(Cl)cc1. The second-order valence-electron chi connectivity index (χ2n) is 6.42. The summed E-state index contributed by atoms with van der Waals surface area (Å²) in [6, 6.07) is 10.7. The van der Waals surface area contributed by atoms with Crippen molar-refractivity contribution in [1.82, 2.24) is 9.62 Å². The quantitative estimate of drug-likeness (QED) is 0.688. The topological polar surface area (TPSA) is 87.7 Å². The van der Waals surface area contributed by atoms with Gasteiger partial charge < -0.3 is 15.4 Å². The molecule has 29 heavy (non-hydrogen) atoms. The second-order valence-corrected chi connectivity index (χ2v) is 8.76. The lowest BCUT2D eigenvalue weighted by atomic mass is 10.2. The first-order valence-corrected chi connectivity index (χ1v) is 10.8. The Kier molecular flexibility index (Phi) is 7.07. The summed E-state index contributed by atoms with van der Waals surface area (Å²) >= 11 is 5.82. The Hall–Kier alpha value is -2.20. The largest absolute Gasteiger partial charge is 0.379 e. The minimum absolute atomic E-state index is 0.0870. The van der Waals surface area contributed by atoms with Crippen molar-refractivity contribution in [3.63, 3.8) is 0 Å². The summed E-state index contributed by atoms with van der Waals surface area (Å²) < 4.78 is 45.9. The monoisotopic (exact) mass is 441 g/mol. The van der Waals surface area contributed by atoms with E-state index in [2.05, 4.69) is 10.6 Å². The summed E-state index contributed by atoms with van der Waals surface area (Å²) in [4.78, 5) is 11.6. The number of morpholine rings is 1. The minimum atomic E-state index is -3.98. The maximum atomic E-state index is 14.2. The van der Waals surface area contributed by atoms with Crippen LogP contribution in [0.3, 0.4) is 0 Å². The predicted octanol–water partition coefficient (Wildman–Crippen LogP) is 2.23. The molecule has 156 valence electrons. The van der Waals surface area contributed by atoms with Crippen molar-refractivity contribution in [2.24, 2.45) is 0 Å². The van der Waals surface area contributed by atoms with Gasteiger partial charge in [0.1, 0.15) is 10.7 Å². The first-order valence-electron chi connectivity index (χ1n) is 8.99. The zero-order valence-corrected chi connectivity index (χ0v) is 17.1. The number of rotatable bonds is 7. The number of anilines is 1. The molecule has 2 N–H and O–H groups in total. The number of benzene rings is 2. The molecule has 3 rings (SSSR count). The molecule has 1 aliphatic heterocycles. The Bertz CT molecular complexity index is 964. The average Bonchev–Trinajstić information content (AvgIpc) is 2.73. The van der Waals surface area contributed by atoms with Crippen LogP contribution in [0, 0.1) is 5.82 Å². The van der Waals surface area contributed by atoms with Crippen LogP contribution in [-0.2, 0) is 26.1 Å². The molecular formula is C19H21ClFN3O4S. The van der Waals surface area contributed by atoms with Gasteiger partial charge in [-0.3, -0.25) is 4.79 Å². The van der Waals surface area contributed by atoms with E-state index in [1.54, 1.807) is 24.3 Å². The zero-order valence-electron chi connectivity index (χ0n) is 15.5. The number of nitrogens with one attached hydrogen (secondary N) is 2. The lowest BCUT2D eigenvalue weighted by Gasteiger charge is -2.26. The van der Waals surface area contributed by atoms with Crippen LogP contribution in [0.4, 0.5) is 10.1 Å². The van der Waals surface area contributed by atoms with Crippen molar-refractivity contribution in [3.05, 3.63) is 58.9 Å². The molecular weight excluding hydrogens is 421 g/mol. The Morgan fingerprint density at radius 3 is 2.52 bits per heavy atom. The number of nitrogens with zero attached hydrogens (tertiary/aromatic N) is 1. The van der Waals surface area contributed by atoms with Crippen LogP contribution in [0.15, 0.2) is 47.4 Å². The summed E-state index contributed by atoms with van der Waals surface area (Å²) in [5.74, 6) is -1.13. The van der Waals surface area contributed by atoms with Crippen molar-refractivity contribution in [2.75, 3.05) is 38.2 Å². The van der Waals surface area contributed by atoms with Gasteiger partial charge in [0, 0.05) is 30.3 Å². The Balaban J connectivity index is 1.60. The van der Waals surface area contributed by atoms with E-state index in [4.69, 9.17) is 16.3 Å². The molecule has 1 amide bonds. The Morgan fingerprint density at radius 2 is 1.83 bits per heavy atom. The van der Waals surface area contributed by atoms with E-state index in [0.29, 0.717) is 17.3 Å². The van der Waals surface area contributed by atoms with E-state index in [9.17, 15) is 17.6 Å². The molecule has 1 aliphatic rings. The van der Waals surface area contributed by atoms with Gasteiger partial charge in [-0.15, -0.1) is 0 Å². The highest BCUT2D eigenvalue weighted by atomic mass is 35.5. The number of carbonyl (C=O) groups excluding carboxylic acids is 1. The number of sulfonamides is 1. The van der Waals surface area contributed by atoms with E-state index in [-0.39, 0.29) is 38.8 Å². The first kappa shape index (κ1) is 21.5. The number of amides is 1. The summed E-state index contributed by atoms with van der Waals surface area (Å²) in [5.41, 5.74) is 1.23. The fourth-order valence-electron chi connectivity index (χ4n) is 2.78. The third kappa shape index (κ3) is 5.66. The summed E-state index contributed by atoms with van der Waals surface area (Å²) in [5, 5.41) is 6.17. The van der Waals surface area contributed by atoms with Crippen molar-refractivity contribution in [1.29, 1.82) is 0 Å². The second kappa shape index (κ2) is 9.53. The number of hydrogen-bond acceptors (Lipinski definition) is 5. The highest BCUT2D eigenvalue weighted by Gasteiger charge is 2.29. The van der Waals surface area contributed by atoms with Gasteiger partial charge >= 0.3 is 0 Å². The molecule has 2 aromatic rings. The van der Waals surface area contributed by atoms with Gasteiger partial charge in [-0.25, -0.2) is 12.8 Å². The number of hydrogen-bond donors (Lipinski definition) is 2. The fraction of sp³-hybridized carbons (Fsp3) is 0.316. The van der Waals surface area contributed by atoms with Gasteiger partial charge in [0.15, 0.2) is 0 Å². The predicted molar refractivity (Wildman–Crippen MR) is 108 cm³/mol. The van der Waals surface area contributed by atoms with Crippen molar-refractivity contribution >= 4 is 33.2 Å². The minimum Gasteiger partial charge on any atom is -0.379 e. The maximum absolute atomic E-state index is 14.2. The van der Waals surface area contributed by atoms with Crippen LogP contribution in [0.25, 0.3) is 0 Å². The standard InChI is InChI=1S/C19H21ClFN3O4S/c20-15-3-1-14(2-4-15)12-23-19(25)13-22-16-5-6-17(21)18(11-16)29(26,27)24-7-9-28-10-8-24/h1-6,11,22H,7-10,12-13H2,(H,23,25). The van der Waals surface area contributed by atoms with Gasteiger partial charge in [0.2, 0.25) is 15.9 Å². The van der Waals surface area contributed by atoms with Crippen LogP contribution in [0.2, 0.25) is 5.02 Å². The van der Waals surface area contributed by atoms with Crippen LogP contribution in [0.5, 0.6) is 0 Å². The van der Waals surface area contributed by atoms with Gasteiger partial charge in [-0.1, -0.05) is 23.7 Å². The number of halogens is 2. The third-order valence-corrected chi connectivity index (χ3v) is 6.54. The first-order chi connectivity index (χ1) is 13.9. The molecule has 1 fully saturated rings. The number of carbonyl (C=O) groups is 1. The highest BCUT2D eigenvalue weighted by Crippen LogP contribution is 2.23. The van der Waals surface area contributed by atoms with Gasteiger partial charge in [-0.05, 0) is 35.9 Å². The molecule has 1 saturated heterocycles. The van der Waals surface area contributed by atoms with Crippen LogP contribution in [-0.4, -0.2) is 51.5 Å². The zero-order chi connectivity index (χ0) is 20.9. The van der Waals surface area contributed by atoms with Crippen LogP contribution >= 0.6 is 11.6 Å². The summed E-state index contributed by atoms with van der Waals surface area (Å²) in [7, 11) is -3.98. The van der Waals surface area contributed by atoms with E-state index < -0.39 is 20.7 Å². The molecule has 0 aromatic heterocycles. The molecule has 7 nitrogen and oxygen atoms in total. The third-order valence-electron chi connectivity index (χ3n) is 4.38. The van der Waals surface area contributed by atoms with E-state index in [1.165, 1.54) is 16.4 Å². The summed E-state index contributed by atoms with van der Waals surface area (Å²) in [6.07, 6.45) is 0.